The summed E-state index contributed by atoms with van der Waals surface area (Å²) in [6.45, 7) is 5.22. The molecule has 7 heteroatoms. The minimum Gasteiger partial charge on any atom is -0.368 e. The monoisotopic (exact) mass is 310 g/mol. The maximum Gasteiger partial charge on any atom is 0.243 e. The lowest BCUT2D eigenvalue weighted by atomic mass is 10.0. The van der Waals surface area contributed by atoms with Crippen LogP contribution in [0.1, 0.15) is 52.9 Å². The van der Waals surface area contributed by atoms with Gasteiger partial charge >= 0.3 is 0 Å². The molecular weight excluding hydrogens is 284 g/mol. The second-order valence-electron chi connectivity index (χ2n) is 5.75. The Kier molecular flexibility index (Phi) is 9.59. The number of primary amides is 1. The summed E-state index contributed by atoms with van der Waals surface area (Å²) in [4.78, 5) is 34.8. The average Bonchev–Trinajstić information content (AvgIpc) is 2.39. The summed E-state index contributed by atoms with van der Waals surface area (Å²) >= 11 is 0. The summed E-state index contributed by atoms with van der Waals surface area (Å²) in [7, 11) is 0. The number of nitrogens with zero attached hydrogens (tertiary/aromatic N) is 1. The first kappa shape index (κ1) is 19.9. The van der Waals surface area contributed by atoms with Crippen LogP contribution in [0.3, 0.4) is 0 Å². The third-order valence-electron chi connectivity index (χ3n) is 3.09. The smallest absolute Gasteiger partial charge is 0.243 e. The van der Waals surface area contributed by atoms with E-state index >= 15 is 0 Å². The maximum absolute atomic E-state index is 12.2. The van der Waals surface area contributed by atoms with Crippen LogP contribution in [0.25, 0.3) is 0 Å². The number of amides is 3. The molecule has 0 fully saturated rings. The van der Waals surface area contributed by atoms with E-state index in [1.54, 1.807) is 0 Å². The molecule has 0 saturated carbocycles. The quantitative estimate of drug-likeness (QED) is 0.511. The SMILES string of the molecule is CC(=O)N[C@@H](CC(C)C)C(=O)N[C@H](CCCCC#N)C(N)=O. The molecule has 0 spiro atoms. The van der Waals surface area contributed by atoms with Crippen LogP contribution in [0.15, 0.2) is 0 Å². The van der Waals surface area contributed by atoms with Crippen molar-refractivity contribution in [1.82, 2.24) is 10.6 Å². The van der Waals surface area contributed by atoms with Gasteiger partial charge in [0.15, 0.2) is 0 Å². The van der Waals surface area contributed by atoms with E-state index in [0.717, 1.165) is 0 Å². The molecular formula is C15H26N4O3. The Bertz CT molecular complexity index is 429. The minimum absolute atomic E-state index is 0.213. The van der Waals surface area contributed by atoms with Crippen molar-refractivity contribution in [2.24, 2.45) is 11.7 Å². The molecule has 7 nitrogen and oxygen atoms in total. The first-order valence-corrected chi connectivity index (χ1v) is 7.51. The molecule has 3 amide bonds. The molecule has 0 aliphatic rings. The maximum atomic E-state index is 12.2. The molecule has 22 heavy (non-hydrogen) atoms. The summed E-state index contributed by atoms with van der Waals surface area (Å²) < 4.78 is 0. The Morgan fingerprint density at radius 2 is 1.77 bits per heavy atom. The lowest BCUT2D eigenvalue weighted by molar-refractivity contribution is -0.131. The zero-order valence-corrected chi connectivity index (χ0v) is 13.5. The second kappa shape index (κ2) is 10.6. The molecule has 0 radical (unpaired) electrons. The lowest BCUT2D eigenvalue weighted by Crippen LogP contribution is -2.53. The fourth-order valence-electron chi connectivity index (χ4n) is 2.06. The van der Waals surface area contributed by atoms with Crippen LogP contribution in [0.5, 0.6) is 0 Å². The molecule has 0 aromatic carbocycles. The Hall–Kier alpha value is -2.10. The number of nitriles is 1. The van der Waals surface area contributed by atoms with E-state index in [0.29, 0.717) is 32.1 Å². The van der Waals surface area contributed by atoms with Crippen LogP contribution < -0.4 is 16.4 Å². The lowest BCUT2D eigenvalue weighted by Gasteiger charge is -2.22. The highest BCUT2D eigenvalue weighted by molar-refractivity contribution is 5.91. The average molecular weight is 310 g/mol. The van der Waals surface area contributed by atoms with Gasteiger partial charge in [0.05, 0.1) is 6.07 Å². The molecule has 0 rings (SSSR count). The van der Waals surface area contributed by atoms with Gasteiger partial charge in [-0.1, -0.05) is 13.8 Å². The third kappa shape index (κ3) is 8.95. The molecule has 0 heterocycles. The highest BCUT2D eigenvalue weighted by atomic mass is 16.2. The molecule has 4 N–H and O–H groups in total. The topological polar surface area (TPSA) is 125 Å². The highest BCUT2D eigenvalue weighted by Crippen LogP contribution is 2.07. The van der Waals surface area contributed by atoms with Gasteiger partial charge in [-0.15, -0.1) is 0 Å². The van der Waals surface area contributed by atoms with Gasteiger partial charge in [0, 0.05) is 13.3 Å². The van der Waals surface area contributed by atoms with Crippen molar-refractivity contribution in [3.05, 3.63) is 0 Å². The van der Waals surface area contributed by atoms with E-state index in [-0.39, 0.29) is 11.8 Å². The van der Waals surface area contributed by atoms with Gasteiger partial charge in [0.25, 0.3) is 0 Å². The van der Waals surface area contributed by atoms with Gasteiger partial charge in [-0.25, -0.2) is 0 Å². The van der Waals surface area contributed by atoms with Gasteiger partial charge in [-0.2, -0.15) is 5.26 Å². The largest absolute Gasteiger partial charge is 0.368 e. The summed E-state index contributed by atoms with van der Waals surface area (Å²) in [5.41, 5.74) is 5.30. The number of carbonyl (C=O) groups excluding carboxylic acids is 3. The van der Waals surface area contributed by atoms with Crippen molar-refractivity contribution in [2.45, 2.75) is 65.0 Å². The Labute approximate surface area is 131 Å². The molecule has 0 aromatic rings. The zero-order valence-electron chi connectivity index (χ0n) is 13.5. The number of hydrogen-bond acceptors (Lipinski definition) is 4. The molecule has 0 saturated heterocycles. The number of unbranched alkanes of at least 4 members (excludes halogenated alkanes) is 2. The van der Waals surface area contributed by atoms with E-state index in [9.17, 15) is 14.4 Å². The van der Waals surface area contributed by atoms with Crippen molar-refractivity contribution in [1.29, 1.82) is 5.26 Å². The number of nitrogens with one attached hydrogen (secondary N) is 2. The van der Waals surface area contributed by atoms with Crippen LogP contribution in [0, 0.1) is 17.2 Å². The van der Waals surface area contributed by atoms with E-state index in [2.05, 4.69) is 10.6 Å². The standard InChI is InChI=1S/C15H26N4O3/c1-10(2)9-13(18-11(3)20)15(22)19-12(14(17)21)7-5-4-6-8-16/h10,12-13H,4-7,9H2,1-3H3,(H2,17,21)(H,18,20)(H,19,22)/t12-,13+/m1/s1. The molecule has 0 aliphatic heterocycles. The van der Waals surface area contributed by atoms with Crippen LogP contribution in [-0.4, -0.2) is 29.8 Å². The van der Waals surface area contributed by atoms with Crippen LogP contribution in [-0.2, 0) is 14.4 Å². The molecule has 0 aromatic heterocycles. The third-order valence-corrected chi connectivity index (χ3v) is 3.09. The molecule has 2 atom stereocenters. The fourth-order valence-corrected chi connectivity index (χ4v) is 2.06. The van der Waals surface area contributed by atoms with E-state index in [4.69, 9.17) is 11.0 Å². The summed E-state index contributed by atoms with van der Waals surface area (Å²) in [6.07, 6.45) is 2.54. The van der Waals surface area contributed by atoms with Crippen molar-refractivity contribution in [3.8, 4) is 6.07 Å². The van der Waals surface area contributed by atoms with Gasteiger partial charge < -0.3 is 16.4 Å². The van der Waals surface area contributed by atoms with Crippen molar-refractivity contribution in [2.75, 3.05) is 0 Å². The molecule has 0 bridgehead atoms. The van der Waals surface area contributed by atoms with Crippen molar-refractivity contribution < 1.29 is 14.4 Å². The zero-order chi connectivity index (χ0) is 17.1. The predicted molar refractivity (Wildman–Crippen MR) is 82.3 cm³/mol. The van der Waals surface area contributed by atoms with Gasteiger partial charge in [-0.3, -0.25) is 14.4 Å². The summed E-state index contributed by atoms with van der Waals surface area (Å²) in [6, 6.07) is 0.557. The van der Waals surface area contributed by atoms with E-state index in [1.807, 2.05) is 19.9 Å². The van der Waals surface area contributed by atoms with E-state index in [1.165, 1.54) is 6.92 Å². The molecule has 124 valence electrons. The number of carbonyl (C=O) groups is 3. The normalized spacial score (nSPS) is 13.0. The minimum atomic E-state index is -0.783. The summed E-state index contributed by atoms with van der Waals surface area (Å²) in [5.74, 6) is -1.11. The van der Waals surface area contributed by atoms with Gasteiger partial charge in [-0.05, 0) is 31.6 Å². The molecule has 0 aliphatic carbocycles. The van der Waals surface area contributed by atoms with E-state index < -0.39 is 23.9 Å². The van der Waals surface area contributed by atoms with Crippen LogP contribution in [0.2, 0.25) is 0 Å². The Balaban J connectivity index is 4.64. The Morgan fingerprint density at radius 1 is 1.14 bits per heavy atom. The van der Waals surface area contributed by atoms with Gasteiger partial charge in [0.2, 0.25) is 17.7 Å². The Morgan fingerprint density at radius 3 is 2.23 bits per heavy atom. The second-order valence-corrected chi connectivity index (χ2v) is 5.75. The van der Waals surface area contributed by atoms with Gasteiger partial charge in [0.1, 0.15) is 12.1 Å². The van der Waals surface area contributed by atoms with Crippen molar-refractivity contribution in [3.63, 3.8) is 0 Å². The summed E-state index contributed by atoms with van der Waals surface area (Å²) in [5, 5.41) is 13.7. The number of nitrogens with two attached hydrogens (primary N) is 1. The highest BCUT2D eigenvalue weighted by Gasteiger charge is 2.25. The van der Waals surface area contributed by atoms with Crippen LogP contribution >= 0.6 is 0 Å². The number of hydrogen-bond donors (Lipinski definition) is 3. The number of rotatable bonds is 10. The first-order valence-electron chi connectivity index (χ1n) is 7.51. The molecule has 0 unspecified atom stereocenters. The van der Waals surface area contributed by atoms with Crippen molar-refractivity contribution >= 4 is 17.7 Å². The predicted octanol–water partition coefficient (Wildman–Crippen LogP) is 0.591. The van der Waals surface area contributed by atoms with Crippen LogP contribution in [0.4, 0.5) is 0 Å². The fraction of sp³-hybridized carbons (Fsp3) is 0.733. The first-order chi connectivity index (χ1) is 10.3.